The van der Waals surface area contributed by atoms with Gasteiger partial charge in [-0.05, 0) is 19.3 Å². The van der Waals surface area contributed by atoms with Crippen LogP contribution in [-0.4, -0.2) is 21.1 Å². The zero-order valence-electron chi connectivity index (χ0n) is 9.35. The number of hydrogen-bond donors (Lipinski definition) is 2. The standard InChI is InChI=1S/C11H14N4O2/c12-8-5-7-10(11(16)14-8)15(6-13-7)9-3-1-2-4-17-9/h5-6,9H,1-4H2,(H3,12,14,16). The largest absolute Gasteiger partial charge is 0.385 e. The van der Waals surface area contributed by atoms with Crippen LogP contribution < -0.4 is 11.3 Å². The maximum absolute atomic E-state index is 11.9. The van der Waals surface area contributed by atoms with E-state index < -0.39 is 0 Å². The topological polar surface area (TPSA) is 85.9 Å². The average molecular weight is 234 g/mol. The van der Waals surface area contributed by atoms with Crippen molar-refractivity contribution < 1.29 is 4.74 Å². The fraction of sp³-hybridized carbons (Fsp3) is 0.455. The van der Waals surface area contributed by atoms with Crippen molar-refractivity contribution in [2.24, 2.45) is 0 Å². The number of nitrogens with one attached hydrogen (secondary N) is 1. The van der Waals surface area contributed by atoms with Crippen molar-refractivity contribution in [1.82, 2.24) is 14.5 Å². The van der Waals surface area contributed by atoms with Crippen molar-refractivity contribution in [2.75, 3.05) is 12.3 Å². The Morgan fingerprint density at radius 2 is 2.41 bits per heavy atom. The molecule has 3 rings (SSSR count). The van der Waals surface area contributed by atoms with E-state index in [4.69, 9.17) is 10.5 Å². The number of nitrogens with zero attached hydrogens (tertiary/aromatic N) is 2. The van der Waals surface area contributed by atoms with Crippen LogP contribution in [0.15, 0.2) is 17.2 Å². The molecular formula is C11H14N4O2. The van der Waals surface area contributed by atoms with Gasteiger partial charge in [0.25, 0.3) is 5.56 Å². The second kappa shape index (κ2) is 3.89. The number of aromatic amines is 1. The van der Waals surface area contributed by atoms with Crippen LogP contribution >= 0.6 is 0 Å². The Kier molecular flexibility index (Phi) is 2.36. The molecule has 1 saturated heterocycles. The van der Waals surface area contributed by atoms with E-state index >= 15 is 0 Å². The van der Waals surface area contributed by atoms with Crippen molar-refractivity contribution in [3.63, 3.8) is 0 Å². The van der Waals surface area contributed by atoms with Gasteiger partial charge in [-0.1, -0.05) is 0 Å². The highest BCUT2D eigenvalue weighted by molar-refractivity contribution is 5.76. The van der Waals surface area contributed by atoms with Crippen LogP contribution in [0.4, 0.5) is 5.82 Å². The summed E-state index contributed by atoms with van der Waals surface area (Å²) in [5.41, 5.74) is 6.51. The minimum absolute atomic E-state index is 0.0847. The first-order valence-corrected chi connectivity index (χ1v) is 5.72. The molecule has 0 spiro atoms. The third-order valence-corrected chi connectivity index (χ3v) is 3.05. The predicted octanol–water partition coefficient (Wildman–Crippen LogP) is 1.01. The van der Waals surface area contributed by atoms with Crippen molar-refractivity contribution in [1.29, 1.82) is 0 Å². The molecule has 0 bridgehead atoms. The minimum atomic E-state index is -0.216. The average Bonchev–Trinajstić information content (AvgIpc) is 2.74. The van der Waals surface area contributed by atoms with E-state index in [2.05, 4.69) is 9.97 Å². The minimum Gasteiger partial charge on any atom is -0.385 e. The second-order valence-corrected chi connectivity index (χ2v) is 4.26. The lowest BCUT2D eigenvalue weighted by atomic mass is 10.2. The number of anilines is 1. The molecule has 1 atom stereocenters. The van der Waals surface area contributed by atoms with Gasteiger partial charge in [0.2, 0.25) is 0 Å². The van der Waals surface area contributed by atoms with Crippen LogP contribution in [0.1, 0.15) is 25.5 Å². The molecule has 3 N–H and O–H groups in total. The van der Waals surface area contributed by atoms with E-state index in [1.807, 2.05) is 0 Å². The Labute approximate surface area is 97.4 Å². The lowest BCUT2D eigenvalue weighted by Gasteiger charge is -2.23. The van der Waals surface area contributed by atoms with E-state index in [1.54, 1.807) is 17.0 Å². The molecule has 90 valence electrons. The van der Waals surface area contributed by atoms with E-state index in [9.17, 15) is 4.79 Å². The molecular weight excluding hydrogens is 220 g/mol. The number of rotatable bonds is 1. The highest BCUT2D eigenvalue weighted by atomic mass is 16.5. The van der Waals surface area contributed by atoms with Crippen LogP contribution in [-0.2, 0) is 4.74 Å². The van der Waals surface area contributed by atoms with Crippen LogP contribution in [0.25, 0.3) is 11.0 Å². The molecule has 17 heavy (non-hydrogen) atoms. The molecule has 0 saturated carbocycles. The summed E-state index contributed by atoms with van der Waals surface area (Å²) in [5.74, 6) is 0.331. The molecule has 6 nitrogen and oxygen atoms in total. The Bertz CT molecular complexity index is 595. The third kappa shape index (κ3) is 1.70. The number of nitrogen functional groups attached to an aromatic ring is 1. The van der Waals surface area contributed by atoms with Crippen molar-refractivity contribution >= 4 is 16.9 Å². The number of fused-ring (bicyclic) bond motifs is 1. The van der Waals surface area contributed by atoms with Gasteiger partial charge in [-0.2, -0.15) is 0 Å². The van der Waals surface area contributed by atoms with E-state index in [0.29, 0.717) is 16.9 Å². The van der Waals surface area contributed by atoms with E-state index in [0.717, 1.165) is 25.9 Å². The molecule has 2 aromatic rings. The monoisotopic (exact) mass is 234 g/mol. The normalized spacial score (nSPS) is 20.8. The zero-order chi connectivity index (χ0) is 11.8. The van der Waals surface area contributed by atoms with Gasteiger partial charge in [-0.15, -0.1) is 0 Å². The number of imidazole rings is 1. The summed E-state index contributed by atoms with van der Waals surface area (Å²) in [5, 5.41) is 0. The lowest BCUT2D eigenvalue weighted by molar-refractivity contribution is -0.0296. The summed E-state index contributed by atoms with van der Waals surface area (Å²) in [4.78, 5) is 18.7. The summed E-state index contributed by atoms with van der Waals surface area (Å²) in [7, 11) is 0. The maximum Gasteiger partial charge on any atom is 0.275 e. The molecule has 0 amide bonds. The number of pyridine rings is 1. The first kappa shape index (κ1) is 10.3. The lowest BCUT2D eigenvalue weighted by Crippen LogP contribution is -2.21. The van der Waals surface area contributed by atoms with Crippen molar-refractivity contribution in [2.45, 2.75) is 25.5 Å². The highest BCUT2D eigenvalue weighted by Gasteiger charge is 2.19. The Balaban J connectivity index is 2.14. The van der Waals surface area contributed by atoms with Crippen LogP contribution in [0, 0.1) is 0 Å². The van der Waals surface area contributed by atoms with Crippen LogP contribution in [0.2, 0.25) is 0 Å². The van der Waals surface area contributed by atoms with E-state index in [1.165, 1.54) is 0 Å². The molecule has 1 unspecified atom stereocenters. The molecule has 0 aliphatic carbocycles. The van der Waals surface area contributed by atoms with Gasteiger partial charge < -0.3 is 15.5 Å². The number of H-pyrrole nitrogens is 1. The Hall–Kier alpha value is -1.82. The first-order chi connectivity index (χ1) is 8.25. The van der Waals surface area contributed by atoms with Gasteiger partial charge in [0, 0.05) is 12.7 Å². The molecule has 0 aromatic carbocycles. The van der Waals surface area contributed by atoms with Gasteiger partial charge in [0.15, 0.2) is 0 Å². The van der Waals surface area contributed by atoms with Gasteiger partial charge in [-0.3, -0.25) is 9.36 Å². The molecule has 1 aliphatic heterocycles. The number of ether oxygens (including phenoxy) is 1. The fourth-order valence-corrected chi connectivity index (χ4v) is 2.25. The third-order valence-electron chi connectivity index (χ3n) is 3.05. The van der Waals surface area contributed by atoms with Crippen molar-refractivity contribution in [3.05, 3.63) is 22.7 Å². The number of hydrogen-bond acceptors (Lipinski definition) is 4. The Morgan fingerprint density at radius 1 is 1.53 bits per heavy atom. The summed E-state index contributed by atoms with van der Waals surface area (Å²) in [6, 6.07) is 1.66. The molecule has 1 fully saturated rings. The highest BCUT2D eigenvalue weighted by Crippen LogP contribution is 2.25. The van der Waals surface area contributed by atoms with Gasteiger partial charge in [-0.25, -0.2) is 4.98 Å². The Morgan fingerprint density at radius 3 is 3.18 bits per heavy atom. The van der Waals surface area contributed by atoms with Crippen molar-refractivity contribution in [3.8, 4) is 0 Å². The molecule has 2 aromatic heterocycles. The van der Waals surface area contributed by atoms with Crippen LogP contribution in [0.3, 0.4) is 0 Å². The molecule has 0 radical (unpaired) electrons. The van der Waals surface area contributed by atoms with Crippen LogP contribution in [0.5, 0.6) is 0 Å². The summed E-state index contributed by atoms with van der Waals surface area (Å²) < 4.78 is 7.45. The summed E-state index contributed by atoms with van der Waals surface area (Å²) in [6.07, 6.45) is 4.66. The van der Waals surface area contributed by atoms with Gasteiger partial charge >= 0.3 is 0 Å². The predicted molar refractivity (Wildman–Crippen MR) is 63.6 cm³/mol. The number of aromatic nitrogens is 3. The molecule has 3 heterocycles. The summed E-state index contributed by atoms with van der Waals surface area (Å²) in [6.45, 7) is 0.733. The zero-order valence-corrected chi connectivity index (χ0v) is 9.35. The second-order valence-electron chi connectivity index (χ2n) is 4.26. The quantitative estimate of drug-likeness (QED) is 0.770. The first-order valence-electron chi connectivity index (χ1n) is 5.72. The molecule has 6 heteroatoms. The number of nitrogens with two attached hydrogens (primary N) is 1. The van der Waals surface area contributed by atoms with E-state index in [-0.39, 0.29) is 11.8 Å². The SMILES string of the molecule is Nc1cc2ncn(C3CCCCO3)c2c(=O)[nH]1. The fourth-order valence-electron chi connectivity index (χ4n) is 2.25. The maximum atomic E-state index is 11.9. The van der Waals surface area contributed by atoms with Gasteiger partial charge in [0.05, 0.1) is 11.8 Å². The molecule has 1 aliphatic rings. The van der Waals surface area contributed by atoms with Gasteiger partial charge in [0.1, 0.15) is 17.6 Å². The smallest absolute Gasteiger partial charge is 0.275 e. The summed E-state index contributed by atoms with van der Waals surface area (Å²) >= 11 is 0.